The van der Waals surface area contributed by atoms with Crippen LogP contribution in [0.5, 0.6) is 0 Å². The molecule has 33 heteroatoms. The molecule has 4 saturated carbocycles. The molecule has 7 saturated heterocycles. The van der Waals surface area contributed by atoms with E-state index in [1.54, 1.807) is 6.92 Å². The highest BCUT2D eigenvalue weighted by molar-refractivity contribution is 5.79. The highest BCUT2D eigenvalue weighted by Gasteiger charge is 2.71. The molecule has 102 heavy (non-hydrogen) atoms. The Morgan fingerprint density at radius 1 is 0.451 bits per heavy atom. The van der Waals surface area contributed by atoms with Crippen LogP contribution in [-0.2, 0) is 71.1 Å². The first-order chi connectivity index (χ1) is 47.9. The Bertz CT molecular complexity index is 2900. The van der Waals surface area contributed by atoms with E-state index < -0.39 is 253 Å². The van der Waals surface area contributed by atoms with Crippen LogP contribution in [0.2, 0.25) is 0 Å². The zero-order chi connectivity index (χ0) is 74.2. The number of aliphatic hydroxyl groups is 18. The summed E-state index contributed by atoms with van der Waals surface area (Å²) in [5.74, 6) is -0.611. The molecule has 12 aliphatic rings. The first-order valence-electron chi connectivity index (χ1n) is 36.3. The van der Waals surface area contributed by atoms with Crippen molar-refractivity contribution in [2.45, 2.75) is 329 Å². The summed E-state index contributed by atoms with van der Waals surface area (Å²) in [6, 6.07) is 0. The number of fused-ring (bicyclic) bond motifs is 7. The molecular formula is C69H112O33. The van der Waals surface area contributed by atoms with Crippen LogP contribution in [0.25, 0.3) is 0 Å². The van der Waals surface area contributed by atoms with Crippen molar-refractivity contribution in [2.24, 2.45) is 50.2 Å². The van der Waals surface area contributed by atoms with E-state index in [9.17, 15) is 96.7 Å². The van der Waals surface area contributed by atoms with Gasteiger partial charge in [-0.1, -0.05) is 60.1 Å². The van der Waals surface area contributed by atoms with Gasteiger partial charge in [-0.3, -0.25) is 4.79 Å². The minimum absolute atomic E-state index is 0.0311. The summed E-state index contributed by atoms with van der Waals surface area (Å²) in [7, 11) is 0. The molecule has 0 aromatic heterocycles. The van der Waals surface area contributed by atoms with Gasteiger partial charge < -0.3 is 158 Å². The zero-order valence-electron chi connectivity index (χ0n) is 59.1. The smallest absolute Gasteiger partial charge is 0.315 e. The molecule has 0 radical (unpaired) electrons. The summed E-state index contributed by atoms with van der Waals surface area (Å²) in [6.07, 6.45) is -47.2. The minimum Gasteiger partial charge on any atom is -0.432 e. The van der Waals surface area contributed by atoms with E-state index in [0.29, 0.717) is 44.9 Å². The standard InChI is InChI=1S/C69H112O33/c1-26-38(74)43(79)48(84)59(92-26)101-54-45(81)42(78)32(21-70)94-62(54)99-53-34(96-56-46(82)40(76)30(72)23-89-56)25-91-58(51(53)87)100-55-50(86)52(98-57-47(83)41(77)31(73)24-90-57)33(22-71)95-61(55)97-37-13-14-66(7)35(65(37,5)6)12-15-68(9)36(66)11-10-28-29-20-64(3,4)16-18-69(29,19-17-67(28,68)8)63(88)102-60-49(85)44(80)39(75)27(2)93-60/h10,26-27,29-62,70-87H,11-25H2,1-9H3. The molecule has 40 unspecified atom stereocenters. The van der Waals surface area contributed by atoms with Crippen LogP contribution in [0.3, 0.4) is 0 Å². The summed E-state index contributed by atoms with van der Waals surface area (Å²) >= 11 is 0. The van der Waals surface area contributed by atoms with Crippen molar-refractivity contribution in [3.63, 3.8) is 0 Å². The molecule has 11 fully saturated rings. The lowest BCUT2D eigenvalue weighted by Crippen LogP contribution is -2.68. The van der Waals surface area contributed by atoms with Gasteiger partial charge in [0.25, 0.3) is 0 Å². The predicted molar refractivity (Wildman–Crippen MR) is 340 cm³/mol. The molecule has 7 aliphatic heterocycles. The quantitative estimate of drug-likeness (QED) is 0.0393. The van der Waals surface area contributed by atoms with Gasteiger partial charge in [0.1, 0.15) is 140 Å². The van der Waals surface area contributed by atoms with Gasteiger partial charge in [0.15, 0.2) is 37.7 Å². The van der Waals surface area contributed by atoms with Gasteiger partial charge in [-0.05, 0) is 123 Å². The normalized spacial score (nSPS) is 54.8. The van der Waals surface area contributed by atoms with Crippen LogP contribution in [0.4, 0.5) is 0 Å². The van der Waals surface area contributed by atoms with Gasteiger partial charge in [0.05, 0.1) is 56.8 Å². The monoisotopic (exact) mass is 1470 g/mol. The molecular weight excluding hydrogens is 1360 g/mol. The van der Waals surface area contributed by atoms with Crippen LogP contribution in [-0.4, -0.2) is 334 Å². The fourth-order valence-corrected chi connectivity index (χ4v) is 20.0. The highest BCUT2D eigenvalue weighted by Crippen LogP contribution is 2.76. The van der Waals surface area contributed by atoms with Gasteiger partial charge in [-0.15, -0.1) is 0 Å². The third-order valence-electron chi connectivity index (χ3n) is 26.5. The predicted octanol–water partition coefficient (Wildman–Crippen LogP) is -4.59. The van der Waals surface area contributed by atoms with E-state index in [1.807, 2.05) is 0 Å². The lowest BCUT2D eigenvalue weighted by molar-refractivity contribution is -0.406. The van der Waals surface area contributed by atoms with Gasteiger partial charge in [0.2, 0.25) is 6.29 Å². The maximum absolute atomic E-state index is 14.9. The van der Waals surface area contributed by atoms with Crippen molar-refractivity contribution in [1.29, 1.82) is 0 Å². The van der Waals surface area contributed by atoms with Crippen molar-refractivity contribution in [1.82, 2.24) is 0 Å². The topological polar surface area (TPSA) is 510 Å². The average molecular weight is 1470 g/mol. The molecule has 33 nitrogen and oxygen atoms in total. The van der Waals surface area contributed by atoms with Gasteiger partial charge in [-0.2, -0.15) is 0 Å². The fraction of sp³-hybridized carbons (Fsp3) is 0.957. The SMILES string of the molecule is CC1OC(OC(=O)C23CCC(C)(C)CC2C2=CCC4C5(C)CCC(OC6OC(CO)C(OC7OCC(O)C(O)C7O)C(O)C6OC6OCC(OC7OCC(O)C(O)C7O)C(OC7OC(CO)C(O)C(O)C7OC7OC(C)C(O)C(O)C7O)C6O)C(C)(C)C5CCC4(C)C2(C)CC3)C(O)C(O)C1O. The van der Waals surface area contributed by atoms with Crippen LogP contribution in [0, 0.1) is 50.2 Å². The molecule has 0 amide bonds. The van der Waals surface area contributed by atoms with Crippen LogP contribution >= 0.6 is 0 Å². The van der Waals surface area contributed by atoms with Gasteiger partial charge in [0, 0.05) is 0 Å². The molecule has 18 N–H and O–H groups in total. The molecule has 0 aromatic rings. The van der Waals surface area contributed by atoms with E-state index in [0.717, 1.165) is 19.3 Å². The first-order valence-corrected chi connectivity index (χ1v) is 36.3. The van der Waals surface area contributed by atoms with Crippen molar-refractivity contribution in [3.8, 4) is 0 Å². The fourth-order valence-electron chi connectivity index (χ4n) is 20.0. The molecule has 0 bridgehead atoms. The molecule has 5 aliphatic carbocycles. The Morgan fingerprint density at radius 3 is 1.59 bits per heavy atom. The maximum atomic E-state index is 14.9. The minimum atomic E-state index is -2.17. The summed E-state index contributed by atoms with van der Waals surface area (Å²) in [6.45, 7) is 15.1. The lowest BCUT2D eigenvalue weighted by atomic mass is 9.33. The second-order valence-electron chi connectivity index (χ2n) is 33.3. The number of rotatable bonds is 16. The second-order valence-corrected chi connectivity index (χ2v) is 33.3. The number of hydrogen-bond donors (Lipinski definition) is 18. The summed E-state index contributed by atoms with van der Waals surface area (Å²) in [5.41, 5.74) is -1.55. The Kier molecular flexibility index (Phi) is 23.4. The van der Waals surface area contributed by atoms with Crippen LogP contribution in [0.15, 0.2) is 11.6 Å². The third-order valence-corrected chi connectivity index (χ3v) is 26.5. The first kappa shape index (κ1) is 79.5. The maximum Gasteiger partial charge on any atom is 0.315 e. The van der Waals surface area contributed by atoms with E-state index in [2.05, 4.69) is 54.5 Å². The molecule has 12 rings (SSSR count). The zero-order valence-corrected chi connectivity index (χ0v) is 59.1. The second kappa shape index (κ2) is 30.0. The Morgan fingerprint density at radius 2 is 0.961 bits per heavy atom. The number of allylic oxidation sites excluding steroid dienone is 2. The molecule has 40 atom stereocenters. The summed E-state index contributed by atoms with van der Waals surface area (Å²) in [5, 5.41) is 199. The summed E-state index contributed by atoms with van der Waals surface area (Å²) in [4.78, 5) is 14.9. The van der Waals surface area contributed by atoms with E-state index in [4.69, 9.17) is 66.3 Å². The molecule has 0 aromatic carbocycles. The van der Waals surface area contributed by atoms with Crippen molar-refractivity contribution < 1.29 is 163 Å². The largest absolute Gasteiger partial charge is 0.432 e. The van der Waals surface area contributed by atoms with Crippen LogP contribution < -0.4 is 0 Å². The Hall–Kier alpha value is -2.03. The van der Waals surface area contributed by atoms with Crippen LogP contribution in [0.1, 0.15) is 127 Å². The highest BCUT2D eigenvalue weighted by atomic mass is 16.8. The number of ether oxygens (including phenoxy) is 14. The molecule has 586 valence electrons. The number of carbonyl (C=O) groups is 1. The van der Waals surface area contributed by atoms with E-state index in [1.165, 1.54) is 12.5 Å². The number of hydrogen-bond acceptors (Lipinski definition) is 33. The van der Waals surface area contributed by atoms with Crippen molar-refractivity contribution in [3.05, 3.63) is 11.6 Å². The lowest BCUT2D eigenvalue weighted by Gasteiger charge is -2.71. The average Bonchev–Trinajstić information content (AvgIpc) is 0.677. The number of carbonyl (C=O) groups excluding carboxylic acids is 1. The van der Waals surface area contributed by atoms with Gasteiger partial charge in [-0.25, -0.2) is 0 Å². The third kappa shape index (κ3) is 13.8. The van der Waals surface area contributed by atoms with Gasteiger partial charge >= 0.3 is 5.97 Å². The Balaban J connectivity index is 0.832. The molecule has 7 heterocycles. The molecule has 0 spiro atoms. The number of aliphatic hydroxyl groups excluding tert-OH is 18. The van der Waals surface area contributed by atoms with E-state index in [-0.39, 0.29) is 39.4 Å². The number of esters is 1. The Labute approximate surface area is 591 Å². The van der Waals surface area contributed by atoms with E-state index >= 15 is 0 Å². The van der Waals surface area contributed by atoms with Crippen molar-refractivity contribution >= 4 is 5.97 Å². The van der Waals surface area contributed by atoms with Crippen molar-refractivity contribution in [2.75, 3.05) is 33.0 Å². The summed E-state index contributed by atoms with van der Waals surface area (Å²) < 4.78 is 86.0.